The summed E-state index contributed by atoms with van der Waals surface area (Å²) < 4.78 is 4.84. The van der Waals surface area contributed by atoms with Crippen LogP contribution in [0.4, 0.5) is 4.79 Å². The number of nitrogens with zero attached hydrogens (tertiary/aromatic N) is 1. The maximum atomic E-state index is 10.5. The van der Waals surface area contributed by atoms with Crippen molar-refractivity contribution in [3.05, 3.63) is 0 Å². The molecule has 14 heavy (non-hydrogen) atoms. The van der Waals surface area contributed by atoms with Gasteiger partial charge in [0, 0.05) is 7.05 Å². The zero-order valence-corrected chi connectivity index (χ0v) is 9.76. The molecular formula is C10H26N2O2. The van der Waals surface area contributed by atoms with Crippen molar-refractivity contribution in [2.45, 2.75) is 33.8 Å². The van der Waals surface area contributed by atoms with E-state index in [0.717, 1.165) is 0 Å². The molecule has 1 N–H and O–H groups in total. The van der Waals surface area contributed by atoms with Crippen molar-refractivity contribution < 1.29 is 9.53 Å². The van der Waals surface area contributed by atoms with Crippen LogP contribution in [0.2, 0.25) is 0 Å². The smallest absolute Gasteiger partial charge is 0.407 e. The third-order valence-corrected chi connectivity index (χ3v) is 0.603. The summed E-state index contributed by atoms with van der Waals surface area (Å²) in [6.45, 7) is 5.46. The number of nitrogens with one attached hydrogen (secondary N) is 1. The number of carbonyl (C=O) groups is 1. The predicted molar refractivity (Wildman–Crippen MR) is 61.6 cm³/mol. The van der Waals surface area contributed by atoms with Crippen LogP contribution in [0.5, 0.6) is 0 Å². The Bertz CT molecular complexity index is 137. The number of ether oxygens (including phenoxy) is 1. The molecule has 0 aliphatic carbocycles. The second-order valence-corrected chi connectivity index (χ2v) is 4.09. The number of hydrogen-bond donors (Lipinski definition) is 1. The lowest BCUT2D eigenvalue weighted by Gasteiger charge is -2.18. The molecule has 0 saturated heterocycles. The summed E-state index contributed by atoms with van der Waals surface area (Å²) in [4.78, 5) is 12.5. The summed E-state index contributed by atoms with van der Waals surface area (Å²) in [6, 6.07) is 0. The van der Waals surface area contributed by atoms with E-state index in [9.17, 15) is 4.79 Å². The molecule has 0 rings (SSSR count). The minimum absolute atomic E-state index is 0. The van der Waals surface area contributed by atoms with Gasteiger partial charge in [0.05, 0.1) is 0 Å². The van der Waals surface area contributed by atoms with E-state index in [1.165, 1.54) is 7.05 Å². The second kappa shape index (κ2) is 8.81. The molecule has 88 valence electrons. The van der Waals surface area contributed by atoms with E-state index in [1.807, 2.05) is 46.8 Å². The minimum atomic E-state index is -0.389. The summed E-state index contributed by atoms with van der Waals surface area (Å²) in [6.07, 6.45) is -0.387. The average molecular weight is 206 g/mol. The van der Waals surface area contributed by atoms with Crippen LogP contribution in [-0.4, -0.2) is 44.8 Å². The zero-order valence-electron chi connectivity index (χ0n) is 9.76. The highest BCUT2D eigenvalue weighted by Crippen LogP contribution is 2.05. The number of rotatable bonds is 0. The molecule has 0 bridgehead atoms. The molecule has 0 atom stereocenters. The van der Waals surface area contributed by atoms with E-state index >= 15 is 0 Å². The van der Waals surface area contributed by atoms with Crippen molar-refractivity contribution in [3.63, 3.8) is 0 Å². The van der Waals surface area contributed by atoms with Gasteiger partial charge in [-0.2, -0.15) is 0 Å². The molecule has 0 aliphatic heterocycles. The number of carbonyl (C=O) groups excluding carboxylic acids is 1. The maximum absolute atomic E-state index is 10.5. The van der Waals surface area contributed by atoms with Gasteiger partial charge in [-0.1, -0.05) is 7.43 Å². The number of amides is 1. The predicted octanol–water partition coefficient (Wildman–Crippen LogP) is 1.95. The van der Waals surface area contributed by atoms with Gasteiger partial charge in [0.25, 0.3) is 0 Å². The standard InChI is InChI=1S/C6H13NO2.C3H9N.CH4/c1-6(2,3)9-5(8)7-4;1-4(2)3;/h1-4H3,(H,7,8);1-3H3;1H4. The van der Waals surface area contributed by atoms with Gasteiger partial charge in [-0.15, -0.1) is 0 Å². The van der Waals surface area contributed by atoms with Gasteiger partial charge in [-0.3, -0.25) is 0 Å². The van der Waals surface area contributed by atoms with Crippen molar-refractivity contribution in [2.75, 3.05) is 28.2 Å². The van der Waals surface area contributed by atoms with Crippen LogP contribution in [0.1, 0.15) is 28.2 Å². The summed E-state index contributed by atoms with van der Waals surface area (Å²) in [5.74, 6) is 0. The van der Waals surface area contributed by atoms with Crippen molar-refractivity contribution in [2.24, 2.45) is 0 Å². The third kappa shape index (κ3) is 30.3. The molecule has 0 fully saturated rings. The largest absolute Gasteiger partial charge is 0.444 e. The van der Waals surface area contributed by atoms with Crippen molar-refractivity contribution in [3.8, 4) is 0 Å². The number of hydrogen-bond acceptors (Lipinski definition) is 3. The van der Waals surface area contributed by atoms with E-state index < -0.39 is 0 Å². The molecule has 4 nitrogen and oxygen atoms in total. The molecule has 0 aromatic rings. The van der Waals surface area contributed by atoms with Crippen LogP contribution in [0.3, 0.4) is 0 Å². The SMILES string of the molecule is C.CN(C)C.CNC(=O)OC(C)(C)C. The average Bonchev–Trinajstić information content (AvgIpc) is 1.82. The molecular weight excluding hydrogens is 180 g/mol. The van der Waals surface area contributed by atoms with E-state index in [2.05, 4.69) is 5.32 Å². The molecule has 0 unspecified atom stereocenters. The lowest BCUT2D eigenvalue weighted by atomic mass is 10.2. The Hall–Kier alpha value is -0.770. The minimum Gasteiger partial charge on any atom is -0.444 e. The Morgan fingerprint density at radius 2 is 1.50 bits per heavy atom. The van der Waals surface area contributed by atoms with Crippen molar-refractivity contribution >= 4 is 6.09 Å². The van der Waals surface area contributed by atoms with Crippen molar-refractivity contribution in [1.82, 2.24) is 10.2 Å². The van der Waals surface area contributed by atoms with Gasteiger partial charge >= 0.3 is 6.09 Å². The van der Waals surface area contributed by atoms with E-state index in [-0.39, 0.29) is 19.1 Å². The Kier molecular flexibility index (Phi) is 11.9. The first-order chi connectivity index (χ1) is 5.69. The first kappa shape index (κ1) is 18.9. The fraction of sp³-hybridized carbons (Fsp3) is 0.900. The molecule has 0 aromatic heterocycles. The zero-order chi connectivity index (χ0) is 11.1. The van der Waals surface area contributed by atoms with Crippen LogP contribution in [0, 0.1) is 0 Å². The molecule has 4 heteroatoms. The molecule has 0 saturated carbocycles. The molecule has 0 radical (unpaired) electrons. The van der Waals surface area contributed by atoms with Crippen LogP contribution in [0.25, 0.3) is 0 Å². The van der Waals surface area contributed by atoms with Gasteiger partial charge in [-0.25, -0.2) is 4.79 Å². The fourth-order valence-corrected chi connectivity index (χ4v) is 0.329. The molecule has 1 amide bonds. The molecule has 0 spiro atoms. The third-order valence-electron chi connectivity index (χ3n) is 0.603. The maximum Gasteiger partial charge on any atom is 0.407 e. The van der Waals surface area contributed by atoms with Gasteiger partial charge in [0.1, 0.15) is 5.60 Å². The quantitative estimate of drug-likeness (QED) is 0.658. The summed E-state index contributed by atoms with van der Waals surface area (Å²) in [7, 11) is 7.54. The lowest BCUT2D eigenvalue weighted by Crippen LogP contribution is -2.30. The Balaban J connectivity index is -0.000000209. The highest BCUT2D eigenvalue weighted by molar-refractivity contribution is 5.67. The van der Waals surface area contributed by atoms with E-state index in [4.69, 9.17) is 4.74 Å². The van der Waals surface area contributed by atoms with E-state index in [1.54, 1.807) is 0 Å². The normalized spacial score (nSPS) is 9.43. The van der Waals surface area contributed by atoms with E-state index in [0.29, 0.717) is 0 Å². The van der Waals surface area contributed by atoms with Gasteiger partial charge < -0.3 is 15.0 Å². The fourth-order valence-electron chi connectivity index (χ4n) is 0.329. The van der Waals surface area contributed by atoms with Crippen LogP contribution >= 0.6 is 0 Å². The molecule has 0 aromatic carbocycles. The lowest BCUT2D eigenvalue weighted by molar-refractivity contribution is 0.0541. The molecule has 0 aliphatic rings. The second-order valence-electron chi connectivity index (χ2n) is 4.09. The Morgan fingerprint density at radius 3 is 1.57 bits per heavy atom. The summed E-state index contributed by atoms with van der Waals surface area (Å²) in [5, 5.41) is 2.36. The van der Waals surface area contributed by atoms with Gasteiger partial charge in [0.2, 0.25) is 0 Å². The number of alkyl carbamates (subject to hydrolysis) is 1. The summed E-state index contributed by atoms with van der Waals surface area (Å²) in [5.41, 5.74) is -0.389. The summed E-state index contributed by atoms with van der Waals surface area (Å²) >= 11 is 0. The van der Waals surface area contributed by atoms with Gasteiger partial charge in [-0.05, 0) is 41.9 Å². The Labute approximate surface area is 88.6 Å². The molecule has 0 heterocycles. The van der Waals surface area contributed by atoms with Crippen LogP contribution in [-0.2, 0) is 4.74 Å². The first-order valence-corrected chi connectivity index (χ1v) is 4.20. The van der Waals surface area contributed by atoms with Crippen molar-refractivity contribution in [1.29, 1.82) is 0 Å². The van der Waals surface area contributed by atoms with Crippen LogP contribution < -0.4 is 5.32 Å². The van der Waals surface area contributed by atoms with Gasteiger partial charge in [0.15, 0.2) is 0 Å². The monoisotopic (exact) mass is 206 g/mol. The highest BCUT2D eigenvalue weighted by atomic mass is 16.6. The topological polar surface area (TPSA) is 41.6 Å². The first-order valence-electron chi connectivity index (χ1n) is 4.20. The highest BCUT2D eigenvalue weighted by Gasteiger charge is 2.13. The van der Waals surface area contributed by atoms with Crippen LogP contribution in [0.15, 0.2) is 0 Å². The Morgan fingerprint density at radius 1 is 1.21 bits per heavy atom.